The van der Waals surface area contributed by atoms with E-state index >= 15 is 0 Å². The summed E-state index contributed by atoms with van der Waals surface area (Å²) in [6.07, 6.45) is 9.92. The minimum atomic E-state index is -0.0116. The van der Waals surface area contributed by atoms with Gasteiger partial charge in [0.25, 0.3) is 0 Å². The summed E-state index contributed by atoms with van der Waals surface area (Å²) in [6, 6.07) is 28.3. The highest BCUT2D eigenvalue weighted by molar-refractivity contribution is 5.92. The van der Waals surface area contributed by atoms with Crippen LogP contribution in [0.25, 0.3) is 0 Å². The smallest absolute Gasteiger partial charge is 0.238 e. The fourth-order valence-electron chi connectivity index (χ4n) is 5.53. The van der Waals surface area contributed by atoms with E-state index < -0.39 is 0 Å². The minimum absolute atomic E-state index is 0.0116. The molecule has 0 saturated heterocycles. The fraction of sp³-hybridized carbons (Fsp3) is 0.312. The third-order valence-electron chi connectivity index (χ3n) is 7.31. The fourth-order valence-corrected chi connectivity index (χ4v) is 5.53. The van der Waals surface area contributed by atoms with Crippen LogP contribution in [-0.2, 0) is 24.4 Å². The molecule has 2 atom stereocenters. The van der Waals surface area contributed by atoms with Crippen molar-refractivity contribution >= 4 is 11.6 Å². The molecule has 1 amide bonds. The van der Waals surface area contributed by atoms with E-state index in [0.29, 0.717) is 13.1 Å². The average Bonchev–Trinajstić information content (AvgIpc) is 2.99. The zero-order chi connectivity index (χ0) is 26.7. The number of hydrogen-bond donors (Lipinski definition) is 1. The molecule has 1 saturated carbocycles. The first kappa shape index (κ1) is 26.7. The second-order valence-corrected chi connectivity index (χ2v) is 10.1. The summed E-state index contributed by atoms with van der Waals surface area (Å²) >= 11 is 0. The number of nitrogens with zero attached hydrogens (tertiary/aromatic N) is 5. The molecular formula is C32H36N6O. The van der Waals surface area contributed by atoms with E-state index in [9.17, 15) is 4.79 Å². The normalized spacial score (nSPS) is 17.3. The Kier molecular flexibility index (Phi) is 9.39. The van der Waals surface area contributed by atoms with E-state index in [2.05, 4.69) is 42.2 Å². The van der Waals surface area contributed by atoms with Crippen LogP contribution in [0.2, 0.25) is 0 Å². The average molecular weight is 521 g/mol. The standard InChI is InChI=1S/C32H36N6O/c39-32(36-26-12-2-1-3-13-26)25-38(24-29-16-8-11-21-35-29)31-18-5-4-17-30(31)37(22-27-14-6-9-19-33-27)23-28-15-7-10-20-34-28/h1-3,6-16,19-21,30-31H,4-5,17-18,22-25H2,(H,36,39). The number of carbonyl (C=O) groups is 1. The first-order valence-electron chi connectivity index (χ1n) is 13.8. The molecule has 0 radical (unpaired) electrons. The number of hydrogen-bond acceptors (Lipinski definition) is 6. The molecule has 1 aliphatic rings. The van der Waals surface area contributed by atoms with Crippen molar-refractivity contribution in [1.82, 2.24) is 24.8 Å². The van der Waals surface area contributed by atoms with Crippen molar-refractivity contribution < 1.29 is 4.79 Å². The molecule has 2 unspecified atom stereocenters. The highest BCUT2D eigenvalue weighted by atomic mass is 16.2. The zero-order valence-corrected chi connectivity index (χ0v) is 22.3. The number of amides is 1. The lowest BCUT2D eigenvalue weighted by Crippen LogP contribution is -2.54. The van der Waals surface area contributed by atoms with Gasteiger partial charge in [-0.05, 0) is 61.4 Å². The van der Waals surface area contributed by atoms with Crippen molar-refractivity contribution in [1.29, 1.82) is 0 Å². The van der Waals surface area contributed by atoms with E-state index in [4.69, 9.17) is 0 Å². The van der Waals surface area contributed by atoms with Gasteiger partial charge in [0.2, 0.25) is 5.91 Å². The largest absolute Gasteiger partial charge is 0.325 e. The van der Waals surface area contributed by atoms with E-state index in [1.807, 2.05) is 91.4 Å². The Morgan fingerprint density at radius 2 is 1.10 bits per heavy atom. The maximum Gasteiger partial charge on any atom is 0.238 e. The van der Waals surface area contributed by atoms with Crippen LogP contribution in [0.3, 0.4) is 0 Å². The van der Waals surface area contributed by atoms with Gasteiger partial charge < -0.3 is 5.32 Å². The van der Waals surface area contributed by atoms with E-state index in [1.54, 1.807) is 0 Å². The van der Waals surface area contributed by atoms with Crippen LogP contribution in [0.5, 0.6) is 0 Å². The van der Waals surface area contributed by atoms with Gasteiger partial charge in [-0.1, -0.05) is 49.2 Å². The van der Waals surface area contributed by atoms with E-state index in [1.165, 1.54) is 0 Å². The number of carbonyl (C=O) groups excluding carboxylic acids is 1. The molecule has 1 aromatic carbocycles. The Hall–Kier alpha value is -3.94. The Bertz CT molecular complexity index is 1230. The van der Waals surface area contributed by atoms with Crippen LogP contribution in [0.15, 0.2) is 104 Å². The van der Waals surface area contributed by atoms with E-state index in [-0.39, 0.29) is 18.0 Å². The first-order valence-corrected chi connectivity index (χ1v) is 13.8. The zero-order valence-electron chi connectivity index (χ0n) is 22.3. The number of benzene rings is 1. The quantitative estimate of drug-likeness (QED) is 0.288. The Balaban J connectivity index is 1.42. The number of nitrogens with one attached hydrogen (secondary N) is 1. The van der Waals surface area contributed by atoms with Crippen molar-refractivity contribution in [3.05, 3.63) is 121 Å². The van der Waals surface area contributed by atoms with Crippen LogP contribution in [-0.4, -0.2) is 49.3 Å². The van der Waals surface area contributed by atoms with Gasteiger partial charge in [0.15, 0.2) is 0 Å². The Morgan fingerprint density at radius 1 is 0.641 bits per heavy atom. The number of para-hydroxylation sites is 1. The topological polar surface area (TPSA) is 74.2 Å². The van der Waals surface area contributed by atoms with Gasteiger partial charge in [-0.15, -0.1) is 0 Å². The van der Waals surface area contributed by atoms with Gasteiger partial charge in [-0.2, -0.15) is 0 Å². The summed E-state index contributed by atoms with van der Waals surface area (Å²) in [6.45, 7) is 2.37. The lowest BCUT2D eigenvalue weighted by molar-refractivity contribution is -0.118. The number of pyridine rings is 3. The van der Waals surface area contributed by atoms with Gasteiger partial charge in [-0.25, -0.2) is 0 Å². The van der Waals surface area contributed by atoms with Gasteiger partial charge in [-0.3, -0.25) is 29.5 Å². The highest BCUT2D eigenvalue weighted by Gasteiger charge is 2.35. The molecule has 7 heteroatoms. The van der Waals surface area contributed by atoms with E-state index in [0.717, 1.165) is 61.5 Å². The number of anilines is 1. The summed E-state index contributed by atoms with van der Waals surface area (Å²) in [5, 5.41) is 3.09. The summed E-state index contributed by atoms with van der Waals surface area (Å²) in [4.78, 5) is 32.0. The maximum atomic E-state index is 13.3. The predicted molar refractivity (Wildman–Crippen MR) is 153 cm³/mol. The van der Waals surface area contributed by atoms with Gasteiger partial charge in [0.1, 0.15) is 0 Å². The third-order valence-corrected chi connectivity index (χ3v) is 7.31. The molecule has 39 heavy (non-hydrogen) atoms. The maximum absolute atomic E-state index is 13.3. The summed E-state index contributed by atoms with van der Waals surface area (Å²) < 4.78 is 0. The number of aromatic nitrogens is 3. The highest BCUT2D eigenvalue weighted by Crippen LogP contribution is 2.30. The van der Waals surface area contributed by atoms with Crippen molar-refractivity contribution in [3.8, 4) is 0 Å². The van der Waals surface area contributed by atoms with Crippen LogP contribution >= 0.6 is 0 Å². The van der Waals surface area contributed by atoms with Gasteiger partial charge in [0.05, 0.1) is 23.6 Å². The molecule has 0 bridgehead atoms. The van der Waals surface area contributed by atoms with Crippen molar-refractivity contribution in [2.45, 2.75) is 57.4 Å². The van der Waals surface area contributed by atoms with Crippen LogP contribution < -0.4 is 5.32 Å². The molecule has 3 aromatic heterocycles. The van der Waals surface area contributed by atoms with Gasteiger partial charge >= 0.3 is 0 Å². The number of rotatable bonds is 11. The van der Waals surface area contributed by atoms with Crippen molar-refractivity contribution in [2.75, 3.05) is 11.9 Å². The summed E-state index contributed by atoms with van der Waals surface area (Å²) in [7, 11) is 0. The van der Waals surface area contributed by atoms with Crippen molar-refractivity contribution in [3.63, 3.8) is 0 Å². The molecule has 1 fully saturated rings. The monoisotopic (exact) mass is 520 g/mol. The van der Waals surface area contributed by atoms with Crippen LogP contribution in [0.1, 0.15) is 42.8 Å². The molecule has 3 heterocycles. The lowest BCUT2D eigenvalue weighted by Gasteiger charge is -2.45. The van der Waals surface area contributed by atoms with Crippen LogP contribution in [0.4, 0.5) is 5.69 Å². The second kappa shape index (κ2) is 13.7. The Labute approximate surface area is 231 Å². The molecule has 0 aliphatic heterocycles. The second-order valence-electron chi connectivity index (χ2n) is 10.1. The Morgan fingerprint density at radius 3 is 1.59 bits per heavy atom. The van der Waals surface area contributed by atoms with Crippen molar-refractivity contribution in [2.24, 2.45) is 0 Å². The van der Waals surface area contributed by atoms with Gasteiger partial charge in [0, 0.05) is 56.0 Å². The molecular weight excluding hydrogens is 484 g/mol. The summed E-state index contributed by atoms with van der Waals surface area (Å²) in [5.41, 5.74) is 3.86. The first-order chi connectivity index (χ1) is 19.2. The molecule has 1 N–H and O–H groups in total. The molecule has 200 valence electrons. The van der Waals surface area contributed by atoms with Crippen LogP contribution in [0, 0.1) is 0 Å². The predicted octanol–water partition coefficient (Wildman–Crippen LogP) is 5.33. The molecule has 4 aromatic rings. The third kappa shape index (κ3) is 7.78. The molecule has 7 nitrogen and oxygen atoms in total. The SMILES string of the molecule is O=C(CN(Cc1ccccn1)C1CCCCC1N(Cc1ccccn1)Cc1ccccn1)Nc1ccccc1. The summed E-state index contributed by atoms with van der Waals surface area (Å²) in [5.74, 6) is -0.0116. The molecule has 5 rings (SSSR count). The molecule has 0 spiro atoms. The molecule has 1 aliphatic carbocycles. The minimum Gasteiger partial charge on any atom is -0.325 e. The lowest BCUT2D eigenvalue weighted by atomic mass is 9.87.